The lowest BCUT2D eigenvalue weighted by Crippen LogP contribution is -2.29. The van der Waals surface area contributed by atoms with E-state index in [4.69, 9.17) is 11.6 Å². The number of anilines is 1. The molecule has 1 saturated carbocycles. The molecule has 6 heteroatoms. The van der Waals surface area contributed by atoms with E-state index >= 15 is 0 Å². The quantitative estimate of drug-likeness (QED) is 0.815. The van der Waals surface area contributed by atoms with Crippen molar-refractivity contribution in [2.75, 3.05) is 18.4 Å². The van der Waals surface area contributed by atoms with Crippen molar-refractivity contribution in [1.29, 1.82) is 0 Å². The van der Waals surface area contributed by atoms with E-state index in [0.29, 0.717) is 22.7 Å². The Bertz CT molecular complexity index is 707. The Morgan fingerprint density at radius 2 is 2.14 bits per heavy atom. The highest BCUT2D eigenvalue weighted by Crippen LogP contribution is 2.48. The van der Waals surface area contributed by atoms with Crippen LogP contribution in [-0.2, 0) is 4.79 Å². The molecule has 1 aliphatic heterocycles. The Kier molecular flexibility index (Phi) is 3.54. The van der Waals surface area contributed by atoms with E-state index < -0.39 is 0 Å². The van der Waals surface area contributed by atoms with Gasteiger partial charge in [0.05, 0.1) is 10.5 Å². The molecule has 0 unspecified atom stereocenters. The maximum atomic E-state index is 12.4. The van der Waals surface area contributed by atoms with Crippen LogP contribution in [0.3, 0.4) is 0 Å². The second kappa shape index (κ2) is 5.56. The zero-order valence-corrected chi connectivity index (χ0v) is 13.0. The largest absolute Gasteiger partial charge is 0.317 e. The highest BCUT2D eigenvalue weighted by atomic mass is 35.5. The fraction of sp³-hybridized carbons (Fsp3) is 0.500. The van der Waals surface area contributed by atoms with Gasteiger partial charge in [0.1, 0.15) is 0 Å². The SMILES string of the molecule is O=C(Nc1n[nH]c2c(Cl)cccc12)[C@@H]1C[C@H]1C1CCNCC1. The second-order valence-electron chi connectivity index (χ2n) is 6.32. The number of H-pyrrole nitrogens is 1. The fourth-order valence-electron chi connectivity index (χ4n) is 3.62. The minimum absolute atomic E-state index is 0.0944. The summed E-state index contributed by atoms with van der Waals surface area (Å²) in [5.41, 5.74) is 0.769. The van der Waals surface area contributed by atoms with Crippen LogP contribution in [0, 0.1) is 17.8 Å². The van der Waals surface area contributed by atoms with Gasteiger partial charge >= 0.3 is 0 Å². The van der Waals surface area contributed by atoms with Crippen LogP contribution in [0.2, 0.25) is 5.02 Å². The van der Waals surface area contributed by atoms with Crippen LogP contribution in [-0.4, -0.2) is 29.2 Å². The van der Waals surface area contributed by atoms with Crippen LogP contribution >= 0.6 is 11.6 Å². The second-order valence-corrected chi connectivity index (χ2v) is 6.72. The molecule has 0 bridgehead atoms. The number of aromatic nitrogens is 2. The average molecular weight is 319 g/mol. The molecule has 1 aliphatic carbocycles. The summed E-state index contributed by atoms with van der Waals surface area (Å²) in [7, 11) is 0. The van der Waals surface area contributed by atoms with E-state index in [0.717, 1.165) is 30.4 Å². The maximum Gasteiger partial charge on any atom is 0.229 e. The number of hydrogen-bond acceptors (Lipinski definition) is 3. The van der Waals surface area contributed by atoms with Crippen molar-refractivity contribution >= 4 is 34.2 Å². The first-order valence-corrected chi connectivity index (χ1v) is 8.26. The number of para-hydroxylation sites is 1. The third-order valence-electron chi connectivity index (χ3n) is 4.96. The molecule has 0 radical (unpaired) electrons. The van der Waals surface area contributed by atoms with Crippen LogP contribution in [0.4, 0.5) is 5.82 Å². The molecule has 2 heterocycles. The number of halogens is 1. The molecule has 2 fully saturated rings. The summed E-state index contributed by atoms with van der Waals surface area (Å²) in [4.78, 5) is 12.4. The lowest BCUT2D eigenvalue weighted by atomic mass is 9.92. The lowest BCUT2D eigenvalue weighted by molar-refractivity contribution is -0.117. The highest BCUT2D eigenvalue weighted by molar-refractivity contribution is 6.35. The number of nitrogens with one attached hydrogen (secondary N) is 3. The van der Waals surface area contributed by atoms with Gasteiger partial charge in [0.2, 0.25) is 5.91 Å². The van der Waals surface area contributed by atoms with Crippen molar-refractivity contribution in [3.05, 3.63) is 23.2 Å². The van der Waals surface area contributed by atoms with Crippen LogP contribution < -0.4 is 10.6 Å². The van der Waals surface area contributed by atoms with Gasteiger partial charge in [-0.05, 0) is 56.3 Å². The predicted molar refractivity (Wildman–Crippen MR) is 86.9 cm³/mol. The van der Waals surface area contributed by atoms with E-state index in [1.54, 1.807) is 0 Å². The summed E-state index contributed by atoms with van der Waals surface area (Å²) in [6.07, 6.45) is 3.39. The summed E-state index contributed by atoms with van der Waals surface area (Å²) < 4.78 is 0. The van der Waals surface area contributed by atoms with E-state index in [2.05, 4.69) is 20.8 Å². The van der Waals surface area contributed by atoms with Crippen molar-refractivity contribution < 1.29 is 4.79 Å². The number of carbonyl (C=O) groups excluding carboxylic acids is 1. The molecular formula is C16H19ClN4O. The van der Waals surface area contributed by atoms with Gasteiger partial charge in [-0.15, -0.1) is 0 Å². The molecule has 2 aliphatic rings. The van der Waals surface area contributed by atoms with E-state index in [1.807, 2.05) is 18.2 Å². The molecule has 0 spiro atoms. The molecule has 1 aromatic heterocycles. The molecule has 3 N–H and O–H groups in total. The van der Waals surface area contributed by atoms with Gasteiger partial charge in [-0.2, -0.15) is 5.10 Å². The number of aromatic amines is 1. The maximum absolute atomic E-state index is 12.4. The molecule has 2 aromatic rings. The monoisotopic (exact) mass is 318 g/mol. The lowest BCUT2D eigenvalue weighted by Gasteiger charge is -2.22. The zero-order chi connectivity index (χ0) is 15.1. The molecule has 1 aromatic carbocycles. The molecular weight excluding hydrogens is 300 g/mol. The number of carbonyl (C=O) groups is 1. The minimum atomic E-state index is 0.0944. The van der Waals surface area contributed by atoms with Crippen molar-refractivity contribution in [3.63, 3.8) is 0 Å². The minimum Gasteiger partial charge on any atom is -0.317 e. The van der Waals surface area contributed by atoms with Gasteiger partial charge in [-0.25, -0.2) is 0 Å². The third kappa shape index (κ3) is 2.48. The Balaban J connectivity index is 1.45. The van der Waals surface area contributed by atoms with Crippen molar-refractivity contribution in [2.24, 2.45) is 17.8 Å². The van der Waals surface area contributed by atoms with Gasteiger partial charge in [-0.1, -0.05) is 17.7 Å². The highest BCUT2D eigenvalue weighted by Gasteiger charge is 2.47. The van der Waals surface area contributed by atoms with Gasteiger partial charge in [0.15, 0.2) is 5.82 Å². The molecule has 1 saturated heterocycles. The van der Waals surface area contributed by atoms with Crippen molar-refractivity contribution in [3.8, 4) is 0 Å². The van der Waals surface area contributed by atoms with Crippen molar-refractivity contribution in [2.45, 2.75) is 19.3 Å². The first-order valence-electron chi connectivity index (χ1n) is 7.88. The summed E-state index contributed by atoms with van der Waals surface area (Å²) in [5.74, 6) is 2.07. The summed E-state index contributed by atoms with van der Waals surface area (Å²) in [5, 5.41) is 14.9. The van der Waals surface area contributed by atoms with Crippen LogP contribution in [0.25, 0.3) is 10.9 Å². The number of rotatable bonds is 3. The number of piperidine rings is 1. The fourth-order valence-corrected chi connectivity index (χ4v) is 3.84. The molecule has 2 atom stereocenters. The summed E-state index contributed by atoms with van der Waals surface area (Å²) in [6, 6.07) is 5.59. The van der Waals surface area contributed by atoms with Crippen molar-refractivity contribution in [1.82, 2.24) is 15.5 Å². The van der Waals surface area contributed by atoms with E-state index in [-0.39, 0.29) is 11.8 Å². The number of amides is 1. The standard InChI is InChI=1S/C16H19ClN4O/c17-13-3-1-2-10-14(13)20-21-15(10)19-16(22)12-8-11(12)9-4-6-18-7-5-9/h1-3,9,11-12,18H,4-8H2,(H2,19,20,21,22)/t11-,12+/m0/s1. The van der Waals surface area contributed by atoms with Crippen LogP contribution in [0.5, 0.6) is 0 Å². The zero-order valence-electron chi connectivity index (χ0n) is 12.2. The molecule has 22 heavy (non-hydrogen) atoms. The molecule has 116 valence electrons. The predicted octanol–water partition coefficient (Wildman–Crippen LogP) is 2.79. The first-order chi connectivity index (χ1) is 10.7. The molecule has 1 amide bonds. The number of hydrogen-bond donors (Lipinski definition) is 3. The Labute approximate surface area is 133 Å². The third-order valence-corrected chi connectivity index (χ3v) is 5.27. The Morgan fingerprint density at radius 3 is 2.95 bits per heavy atom. The van der Waals surface area contributed by atoms with Gasteiger partial charge in [0, 0.05) is 11.3 Å². The van der Waals surface area contributed by atoms with Crippen LogP contribution in [0.15, 0.2) is 18.2 Å². The molecule has 4 rings (SSSR count). The Morgan fingerprint density at radius 1 is 1.32 bits per heavy atom. The van der Waals surface area contributed by atoms with Gasteiger partial charge in [0.25, 0.3) is 0 Å². The van der Waals surface area contributed by atoms with Gasteiger partial charge < -0.3 is 10.6 Å². The number of nitrogens with zero attached hydrogens (tertiary/aromatic N) is 1. The smallest absolute Gasteiger partial charge is 0.229 e. The summed E-state index contributed by atoms with van der Waals surface area (Å²) >= 11 is 6.12. The number of benzene rings is 1. The first kappa shape index (κ1) is 14.0. The summed E-state index contributed by atoms with van der Waals surface area (Å²) in [6.45, 7) is 2.16. The van der Waals surface area contributed by atoms with E-state index in [1.165, 1.54) is 12.8 Å². The van der Waals surface area contributed by atoms with Gasteiger partial charge in [-0.3, -0.25) is 9.89 Å². The normalized spacial score (nSPS) is 25.3. The Hall–Kier alpha value is -1.59. The topological polar surface area (TPSA) is 69.8 Å². The molecule has 5 nitrogen and oxygen atoms in total. The van der Waals surface area contributed by atoms with Crippen LogP contribution in [0.1, 0.15) is 19.3 Å². The van der Waals surface area contributed by atoms with E-state index in [9.17, 15) is 4.79 Å². The average Bonchev–Trinajstić information content (AvgIpc) is 3.25. The number of fused-ring (bicyclic) bond motifs is 1.